The van der Waals surface area contributed by atoms with Gasteiger partial charge in [-0.1, -0.05) is 29.3 Å². The molecule has 0 saturated heterocycles. The average Bonchev–Trinajstić information content (AvgIpc) is 2.90. The quantitative estimate of drug-likeness (QED) is 0.745. The van der Waals surface area contributed by atoms with Crippen LogP contribution in [0.3, 0.4) is 0 Å². The first-order valence-corrected chi connectivity index (χ1v) is 7.72. The summed E-state index contributed by atoms with van der Waals surface area (Å²) in [5, 5.41) is 13.3. The van der Waals surface area contributed by atoms with Gasteiger partial charge in [0.25, 0.3) is 0 Å². The van der Waals surface area contributed by atoms with E-state index in [1.165, 1.54) is 0 Å². The molecule has 0 amide bonds. The molecule has 0 aliphatic rings. The minimum Gasteiger partial charge on any atom is -0.388 e. The summed E-state index contributed by atoms with van der Waals surface area (Å²) >= 11 is 13.5. The Balaban J connectivity index is 1.84. The highest BCUT2D eigenvalue weighted by atomic mass is 35.5. The van der Waals surface area contributed by atoms with Crippen molar-refractivity contribution in [1.29, 1.82) is 0 Å². The fourth-order valence-electron chi connectivity index (χ4n) is 2.05. The zero-order valence-electron chi connectivity index (χ0n) is 10.4. The molecule has 1 aromatic carbocycles. The predicted octanol–water partition coefficient (Wildman–Crippen LogP) is 4.88. The number of hydrogen-bond acceptors (Lipinski definition) is 3. The van der Waals surface area contributed by atoms with Crippen LogP contribution >= 0.6 is 34.5 Å². The summed E-state index contributed by atoms with van der Waals surface area (Å²) in [6.45, 7) is 0. The molecule has 3 rings (SSSR count). The number of thiophene rings is 1. The molecule has 1 atom stereocenters. The highest BCUT2D eigenvalue weighted by Crippen LogP contribution is 2.27. The van der Waals surface area contributed by atoms with Crippen LogP contribution in [0.4, 0.5) is 0 Å². The fourth-order valence-corrected chi connectivity index (χ4v) is 3.16. The highest BCUT2D eigenvalue weighted by Gasteiger charge is 2.11. The predicted molar refractivity (Wildman–Crippen MR) is 84.7 cm³/mol. The van der Waals surface area contributed by atoms with E-state index < -0.39 is 6.10 Å². The second kappa shape index (κ2) is 5.70. The van der Waals surface area contributed by atoms with Crippen LogP contribution in [0.15, 0.2) is 41.9 Å². The topological polar surface area (TPSA) is 33.1 Å². The van der Waals surface area contributed by atoms with Gasteiger partial charge in [0, 0.05) is 18.2 Å². The summed E-state index contributed by atoms with van der Waals surface area (Å²) in [6, 6.07) is 9.34. The lowest BCUT2D eigenvalue weighted by Crippen LogP contribution is -2.02. The number of benzene rings is 1. The van der Waals surface area contributed by atoms with E-state index in [9.17, 15) is 5.11 Å². The summed E-state index contributed by atoms with van der Waals surface area (Å²) in [5.74, 6) is 0. The van der Waals surface area contributed by atoms with Crippen molar-refractivity contribution >= 4 is 44.8 Å². The van der Waals surface area contributed by atoms with Gasteiger partial charge < -0.3 is 5.11 Å². The SMILES string of the molecule is OC(Cc1ccc(Cl)c(Cl)c1)c1cnc2ccsc2c1. The maximum atomic E-state index is 10.3. The number of aromatic nitrogens is 1. The van der Waals surface area contributed by atoms with Gasteiger partial charge >= 0.3 is 0 Å². The Hall–Kier alpha value is -1.13. The molecule has 1 N–H and O–H groups in total. The van der Waals surface area contributed by atoms with E-state index in [4.69, 9.17) is 23.2 Å². The maximum absolute atomic E-state index is 10.3. The molecule has 3 aromatic rings. The van der Waals surface area contributed by atoms with Crippen LogP contribution < -0.4 is 0 Å². The lowest BCUT2D eigenvalue weighted by Gasteiger charge is -2.11. The normalized spacial score (nSPS) is 12.8. The number of aliphatic hydroxyl groups excluding tert-OH is 1. The van der Waals surface area contributed by atoms with Gasteiger partial charge in [0.15, 0.2) is 0 Å². The Morgan fingerprint density at radius 2 is 2.00 bits per heavy atom. The van der Waals surface area contributed by atoms with Gasteiger partial charge in [-0.15, -0.1) is 11.3 Å². The van der Waals surface area contributed by atoms with E-state index in [1.807, 2.05) is 23.6 Å². The summed E-state index contributed by atoms with van der Waals surface area (Å²) in [5.41, 5.74) is 2.71. The molecule has 0 fully saturated rings. The van der Waals surface area contributed by atoms with E-state index in [1.54, 1.807) is 29.7 Å². The van der Waals surface area contributed by atoms with Gasteiger partial charge in [0.05, 0.1) is 26.4 Å². The molecule has 2 nitrogen and oxygen atoms in total. The Morgan fingerprint density at radius 1 is 1.15 bits per heavy atom. The van der Waals surface area contributed by atoms with Gasteiger partial charge in [-0.3, -0.25) is 4.98 Å². The van der Waals surface area contributed by atoms with Crippen LogP contribution in [0.5, 0.6) is 0 Å². The molecule has 1 unspecified atom stereocenters. The zero-order valence-corrected chi connectivity index (χ0v) is 12.7. The summed E-state index contributed by atoms with van der Waals surface area (Å²) in [4.78, 5) is 4.34. The number of rotatable bonds is 3. The third-order valence-corrected chi connectivity index (χ3v) is 4.71. The monoisotopic (exact) mass is 323 g/mol. The molecule has 5 heteroatoms. The average molecular weight is 324 g/mol. The van der Waals surface area contributed by atoms with Gasteiger partial charge in [0.1, 0.15) is 0 Å². The maximum Gasteiger partial charge on any atom is 0.0845 e. The van der Waals surface area contributed by atoms with Crippen LogP contribution in [-0.2, 0) is 6.42 Å². The summed E-state index contributed by atoms with van der Waals surface area (Å²) in [6.07, 6.45) is 1.60. The van der Waals surface area contributed by atoms with Crippen molar-refractivity contribution in [1.82, 2.24) is 4.98 Å². The second-order valence-electron chi connectivity index (χ2n) is 4.54. The van der Waals surface area contributed by atoms with Crippen LogP contribution in [0.1, 0.15) is 17.2 Å². The number of halogens is 2. The van der Waals surface area contributed by atoms with Gasteiger partial charge in [-0.05, 0) is 35.2 Å². The minimum absolute atomic E-state index is 0.482. The number of nitrogens with zero attached hydrogens (tertiary/aromatic N) is 1. The van der Waals surface area contributed by atoms with Crippen molar-refractivity contribution < 1.29 is 5.11 Å². The standard InChI is InChI=1S/C15H11Cl2NOS/c16-11-2-1-9(5-12(11)17)6-14(19)10-7-15-13(18-8-10)3-4-20-15/h1-5,7-8,14,19H,6H2. The fraction of sp³-hybridized carbons (Fsp3) is 0.133. The molecule has 0 bridgehead atoms. The van der Waals surface area contributed by atoms with Crippen molar-refractivity contribution in [3.05, 3.63) is 63.1 Å². The Labute approximate surface area is 130 Å². The van der Waals surface area contributed by atoms with E-state index >= 15 is 0 Å². The Kier molecular flexibility index (Phi) is 3.94. The first-order valence-electron chi connectivity index (χ1n) is 6.08. The minimum atomic E-state index is -0.605. The smallest absolute Gasteiger partial charge is 0.0845 e. The van der Waals surface area contributed by atoms with Crippen LogP contribution in [0, 0.1) is 0 Å². The first-order chi connectivity index (χ1) is 9.63. The molecule has 102 valence electrons. The number of fused-ring (bicyclic) bond motifs is 1. The molecule has 0 aliphatic heterocycles. The number of hydrogen-bond donors (Lipinski definition) is 1. The van der Waals surface area contributed by atoms with E-state index in [2.05, 4.69) is 4.98 Å². The van der Waals surface area contributed by atoms with Crippen LogP contribution in [0.2, 0.25) is 10.0 Å². The van der Waals surface area contributed by atoms with Crippen LogP contribution in [-0.4, -0.2) is 10.1 Å². The molecule has 20 heavy (non-hydrogen) atoms. The van der Waals surface area contributed by atoms with Crippen molar-refractivity contribution in [2.24, 2.45) is 0 Å². The molecule has 2 heterocycles. The van der Waals surface area contributed by atoms with E-state index in [-0.39, 0.29) is 0 Å². The van der Waals surface area contributed by atoms with E-state index in [0.717, 1.165) is 21.3 Å². The van der Waals surface area contributed by atoms with Crippen molar-refractivity contribution in [3.8, 4) is 0 Å². The molecule has 0 spiro atoms. The lowest BCUT2D eigenvalue weighted by atomic mass is 10.0. The molecular formula is C15H11Cl2NOS. The van der Waals surface area contributed by atoms with Gasteiger partial charge in [-0.2, -0.15) is 0 Å². The third kappa shape index (κ3) is 2.81. The molecule has 2 aromatic heterocycles. The number of pyridine rings is 1. The van der Waals surface area contributed by atoms with E-state index in [0.29, 0.717) is 16.5 Å². The lowest BCUT2D eigenvalue weighted by molar-refractivity contribution is 0.178. The first kappa shape index (κ1) is 13.8. The van der Waals surface area contributed by atoms with Gasteiger partial charge in [-0.25, -0.2) is 0 Å². The van der Waals surface area contributed by atoms with Crippen molar-refractivity contribution in [2.45, 2.75) is 12.5 Å². The summed E-state index contributed by atoms with van der Waals surface area (Å²) < 4.78 is 1.08. The third-order valence-electron chi connectivity index (χ3n) is 3.12. The van der Waals surface area contributed by atoms with Crippen molar-refractivity contribution in [3.63, 3.8) is 0 Å². The molecule has 0 saturated carbocycles. The second-order valence-corrected chi connectivity index (χ2v) is 6.30. The number of aliphatic hydroxyl groups is 1. The van der Waals surface area contributed by atoms with Gasteiger partial charge in [0.2, 0.25) is 0 Å². The summed E-state index contributed by atoms with van der Waals surface area (Å²) in [7, 11) is 0. The molecular weight excluding hydrogens is 313 g/mol. The zero-order chi connectivity index (χ0) is 14.1. The molecule has 0 aliphatic carbocycles. The van der Waals surface area contributed by atoms with Crippen molar-refractivity contribution in [2.75, 3.05) is 0 Å². The highest BCUT2D eigenvalue weighted by molar-refractivity contribution is 7.17. The van der Waals surface area contributed by atoms with Crippen LogP contribution in [0.25, 0.3) is 10.2 Å². The molecule has 0 radical (unpaired) electrons. The largest absolute Gasteiger partial charge is 0.388 e. The Bertz CT molecular complexity index is 756. The Morgan fingerprint density at radius 3 is 2.80 bits per heavy atom.